The number of carboxylic acid groups (broad SMARTS) is 1. The summed E-state index contributed by atoms with van der Waals surface area (Å²) < 4.78 is 13.1. The smallest absolute Gasteiger partial charge is 0.325 e. The van der Waals surface area contributed by atoms with E-state index in [2.05, 4.69) is 0 Å². The zero-order chi connectivity index (χ0) is 10.9. The first-order valence-corrected chi connectivity index (χ1v) is 4.04. The maximum atomic E-state index is 13.1. The third kappa shape index (κ3) is 1.78. The van der Waals surface area contributed by atoms with Crippen LogP contribution >= 0.6 is 11.6 Å². The number of hydrogen-bond acceptors (Lipinski definition) is 3. The summed E-state index contributed by atoms with van der Waals surface area (Å²) >= 11 is 5.54. The van der Waals surface area contributed by atoms with E-state index in [0.717, 1.165) is 0 Å². The predicted octanol–water partition coefficient (Wildman–Crippen LogP) is 1.15. The van der Waals surface area contributed by atoms with Crippen LogP contribution in [0.1, 0.15) is 11.6 Å². The van der Waals surface area contributed by atoms with Crippen molar-refractivity contribution in [3.63, 3.8) is 0 Å². The first-order chi connectivity index (χ1) is 6.45. The molecule has 6 heteroatoms. The van der Waals surface area contributed by atoms with Crippen LogP contribution in [0.25, 0.3) is 0 Å². The monoisotopic (exact) mass is 218 g/mol. The van der Waals surface area contributed by atoms with E-state index in [9.17, 15) is 9.18 Å². The van der Waals surface area contributed by atoms with Gasteiger partial charge in [0.15, 0.2) is 5.82 Å². The molecule has 1 rings (SSSR count). The van der Waals surface area contributed by atoms with Gasteiger partial charge in [-0.15, -0.1) is 0 Å². The van der Waals surface area contributed by atoms with Gasteiger partial charge in [0.25, 0.3) is 0 Å². The van der Waals surface area contributed by atoms with Crippen molar-refractivity contribution in [3.05, 3.63) is 28.5 Å². The fourth-order valence-electron chi connectivity index (χ4n) is 0.953. The molecule has 0 aliphatic heterocycles. The maximum Gasteiger partial charge on any atom is 0.325 e. The Morgan fingerprint density at radius 2 is 2.14 bits per heavy atom. The molecule has 14 heavy (non-hydrogen) atoms. The molecule has 0 saturated carbocycles. The lowest BCUT2D eigenvalue weighted by molar-refractivity contribution is -0.138. The van der Waals surface area contributed by atoms with Crippen LogP contribution in [0.3, 0.4) is 0 Å². The van der Waals surface area contributed by atoms with E-state index in [1.54, 1.807) is 0 Å². The van der Waals surface area contributed by atoms with Crippen molar-refractivity contribution in [2.24, 2.45) is 5.73 Å². The first kappa shape index (κ1) is 10.7. The van der Waals surface area contributed by atoms with Crippen LogP contribution in [0.15, 0.2) is 12.1 Å². The number of halogens is 2. The van der Waals surface area contributed by atoms with Crippen molar-refractivity contribution in [1.29, 1.82) is 0 Å². The van der Waals surface area contributed by atoms with Crippen LogP contribution in [0.4, 0.5) is 10.1 Å². The molecule has 0 aromatic heterocycles. The summed E-state index contributed by atoms with van der Waals surface area (Å²) in [4.78, 5) is 10.5. The average Bonchev–Trinajstić information content (AvgIpc) is 2.13. The van der Waals surface area contributed by atoms with E-state index >= 15 is 0 Å². The van der Waals surface area contributed by atoms with Gasteiger partial charge in [0.05, 0.1) is 10.7 Å². The second-order valence-electron chi connectivity index (χ2n) is 2.69. The molecule has 0 radical (unpaired) electrons. The molecule has 0 spiro atoms. The lowest BCUT2D eigenvalue weighted by atomic mass is 10.1. The molecule has 0 bridgehead atoms. The fraction of sp³-hybridized carbons (Fsp3) is 0.125. The topological polar surface area (TPSA) is 89.3 Å². The minimum Gasteiger partial charge on any atom is -0.480 e. The van der Waals surface area contributed by atoms with E-state index in [1.165, 1.54) is 12.1 Å². The molecule has 0 fully saturated rings. The van der Waals surface area contributed by atoms with Crippen LogP contribution in [0.2, 0.25) is 5.02 Å². The summed E-state index contributed by atoms with van der Waals surface area (Å²) in [6.07, 6.45) is 0. The number of aliphatic carboxylic acids is 1. The highest BCUT2D eigenvalue weighted by Gasteiger charge is 2.20. The van der Waals surface area contributed by atoms with Gasteiger partial charge in [0, 0.05) is 5.56 Å². The zero-order valence-corrected chi connectivity index (χ0v) is 7.75. The molecule has 5 N–H and O–H groups in total. The van der Waals surface area contributed by atoms with Gasteiger partial charge in [-0.25, -0.2) is 4.39 Å². The molecule has 0 aliphatic rings. The number of anilines is 1. The molecule has 1 atom stereocenters. The largest absolute Gasteiger partial charge is 0.480 e. The van der Waals surface area contributed by atoms with Gasteiger partial charge < -0.3 is 16.6 Å². The van der Waals surface area contributed by atoms with E-state index in [-0.39, 0.29) is 16.3 Å². The van der Waals surface area contributed by atoms with Crippen LogP contribution in [-0.4, -0.2) is 11.1 Å². The third-order valence-corrected chi connectivity index (χ3v) is 2.13. The van der Waals surface area contributed by atoms with E-state index in [1.807, 2.05) is 0 Å². The van der Waals surface area contributed by atoms with Gasteiger partial charge in [-0.2, -0.15) is 0 Å². The van der Waals surface area contributed by atoms with E-state index < -0.39 is 17.8 Å². The van der Waals surface area contributed by atoms with E-state index in [4.69, 9.17) is 28.2 Å². The van der Waals surface area contributed by atoms with Crippen molar-refractivity contribution in [2.75, 3.05) is 5.73 Å². The highest BCUT2D eigenvalue weighted by atomic mass is 35.5. The van der Waals surface area contributed by atoms with Crippen LogP contribution in [0.5, 0.6) is 0 Å². The highest BCUT2D eigenvalue weighted by molar-refractivity contribution is 6.32. The Kier molecular flexibility index (Phi) is 2.93. The number of carbonyl (C=O) groups is 1. The van der Waals surface area contributed by atoms with Crippen molar-refractivity contribution < 1.29 is 14.3 Å². The Balaban J connectivity index is 3.24. The molecular weight excluding hydrogens is 211 g/mol. The van der Waals surface area contributed by atoms with Crippen molar-refractivity contribution in [2.45, 2.75) is 6.04 Å². The molecule has 76 valence electrons. The van der Waals surface area contributed by atoms with Gasteiger partial charge in [0.1, 0.15) is 6.04 Å². The Bertz CT molecular complexity index is 384. The highest BCUT2D eigenvalue weighted by Crippen LogP contribution is 2.28. The number of benzene rings is 1. The summed E-state index contributed by atoms with van der Waals surface area (Å²) in [5, 5.41) is 8.24. The number of hydrogen-bond donors (Lipinski definition) is 3. The normalized spacial score (nSPS) is 12.5. The molecule has 0 saturated heterocycles. The quantitative estimate of drug-likeness (QED) is 0.650. The summed E-state index contributed by atoms with van der Waals surface area (Å²) in [5.41, 5.74) is 10.3. The van der Waals surface area contributed by atoms with Gasteiger partial charge in [0.2, 0.25) is 0 Å². The lowest BCUT2D eigenvalue weighted by Crippen LogP contribution is -2.21. The summed E-state index contributed by atoms with van der Waals surface area (Å²) in [6, 6.07) is 1.16. The lowest BCUT2D eigenvalue weighted by Gasteiger charge is -2.10. The number of nitrogens with two attached hydrogens (primary N) is 2. The zero-order valence-electron chi connectivity index (χ0n) is 7.00. The molecule has 0 unspecified atom stereocenters. The molecule has 1 aromatic rings. The molecular formula is C8H8ClFN2O2. The SMILES string of the molecule is Nc1ccc([C@H](N)C(=O)O)c(Cl)c1F. The van der Waals surface area contributed by atoms with Crippen molar-refractivity contribution >= 4 is 23.3 Å². The molecule has 1 aromatic carbocycles. The second-order valence-corrected chi connectivity index (χ2v) is 3.07. The third-order valence-electron chi connectivity index (χ3n) is 1.74. The summed E-state index contributed by atoms with van der Waals surface area (Å²) in [6.45, 7) is 0. The van der Waals surface area contributed by atoms with Gasteiger partial charge in [-0.3, -0.25) is 4.79 Å². The van der Waals surface area contributed by atoms with Crippen molar-refractivity contribution in [1.82, 2.24) is 0 Å². The minimum absolute atomic E-state index is 0.00543. The molecule has 0 heterocycles. The summed E-state index contributed by atoms with van der Waals surface area (Å²) in [7, 11) is 0. The average molecular weight is 219 g/mol. The van der Waals surface area contributed by atoms with Gasteiger partial charge in [-0.05, 0) is 6.07 Å². The second kappa shape index (κ2) is 3.81. The molecule has 4 nitrogen and oxygen atoms in total. The Labute approximate surface area is 84.3 Å². The van der Waals surface area contributed by atoms with Crippen molar-refractivity contribution in [3.8, 4) is 0 Å². The van der Waals surface area contributed by atoms with Gasteiger partial charge in [-0.1, -0.05) is 17.7 Å². The standard InChI is InChI=1S/C8H8ClFN2O2/c9-5-3(7(12)8(13)14)1-2-4(11)6(5)10/h1-2,7H,11-12H2,(H,13,14)/t7-/m0/s1. The van der Waals surface area contributed by atoms with Gasteiger partial charge >= 0.3 is 5.97 Å². The Morgan fingerprint density at radius 3 is 2.64 bits per heavy atom. The number of carboxylic acids is 1. The summed E-state index contributed by atoms with van der Waals surface area (Å²) in [5.74, 6) is -2.13. The number of rotatable bonds is 2. The Morgan fingerprint density at radius 1 is 1.57 bits per heavy atom. The number of nitrogen functional groups attached to an aromatic ring is 1. The molecule has 0 amide bonds. The van der Waals surface area contributed by atoms with Crippen LogP contribution in [-0.2, 0) is 4.79 Å². The minimum atomic E-state index is -1.35. The van der Waals surface area contributed by atoms with Crippen LogP contribution < -0.4 is 11.5 Å². The van der Waals surface area contributed by atoms with Crippen LogP contribution in [0, 0.1) is 5.82 Å². The van der Waals surface area contributed by atoms with E-state index in [0.29, 0.717) is 0 Å². The Hall–Kier alpha value is -1.33. The maximum absolute atomic E-state index is 13.1. The fourth-order valence-corrected chi connectivity index (χ4v) is 1.24. The molecule has 0 aliphatic carbocycles. The first-order valence-electron chi connectivity index (χ1n) is 3.67. The predicted molar refractivity (Wildman–Crippen MR) is 50.4 cm³/mol.